The molecule has 2 rings (SSSR count). The van der Waals surface area contributed by atoms with Crippen LogP contribution in [0.5, 0.6) is 5.75 Å². The predicted molar refractivity (Wildman–Crippen MR) is 86.7 cm³/mol. The largest absolute Gasteiger partial charge is 0.506 e. The van der Waals surface area contributed by atoms with Gasteiger partial charge >= 0.3 is 6.03 Å². The Labute approximate surface area is 136 Å². The van der Waals surface area contributed by atoms with Gasteiger partial charge in [0.1, 0.15) is 5.75 Å². The number of nitro groups is 1. The molecule has 0 aliphatic rings. The van der Waals surface area contributed by atoms with Gasteiger partial charge in [0.25, 0.3) is 5.69 Å². The molecule has 0 fully saturated rings. The summed E-state index contributed by atoms with van der Waals surface area (Å²) in [6.07, 6.45) is 0. The number of anilines is 2. The number of non-ortho nitro benzene ring substituents is 1. The van der Waals surface area contributed by atoms with Gasteiger partial charge in [0.05, 0.1) is 27.4 Å². The van der Waals surface area contributed by atoms with Crippen LogP contribution in [0.25, 0.3) is 0 Å². The molecule has 0 spiro atoms. The third kappa shape index (κ3) is 3.87. The molecule has 23 heavy (non-hydrogen) atoms. The molecular weight excluding hydrogens is 324 g/mol. The van der Waals surface area contributed by atoms with E-state index < -0.39 is 16.7 Å². The maximum atomic E-state index is 12.0. The van der Waals surface area contributed by atoms with Gasteiger partial charge in [0.2, 0.25) is 0 Å². The van der Waals surface area contributed by atoms with E-state index in [1.165, 1.54) is 6.07 Å². The highest BCUT2D eigenvalue weighted by Crippen LogP contribution is 2.29. The Morgan fingerprint density at radius 3 is 2.65 bits per heavy atom. The molecule has 5 N–H and O–H groups in total. The highest BCUT2D eigenvalue weighted by atomic mass is 35.5. The minimum atomic E-state index is -0.669. The number of aromatic hydroxyl groups is 1. The predicted octanol–water partition coefficient (Wildman–Crippen LogP) is 3.06. The van der Waals surface area contributed by atoms with Crippen molar-refractivity contribution in [1.29, 1.82) is 0 Å². The third-order valence-electron chi connectivity index (χ3n) is 3.00. The fourth-order valence-electron chi connectivity index (χ4n) is 1.89. The van der Waals surface area contributed by atoms with E-state index in [4.69, 9.17) is 17.3 Å². The van der Waals surface area contributed by atoms with Gasteiger partial charge in [-0.1, -0.05) is 23.7 Å². The summed E-state index contributed by atoms with van der Waals surface area (Å²) < 4.78 is 0. The summed E-state index contributed by atoms with van der Waals surface area (Å²) in [6, 6.07) is 7.67. The number of phenols is 1. The topological polar surface area (TPSA) is 131 Å². The zero-order chi connectivity index (χ0) is 17.0. The number of carbonyl (C=O) groups is 1. The minimum Gasteiger partial charge on any atom is -0.506 e. The van der Waals surface area contributed by atoms with E-state index in [9.17, 15) is 20.0 Å². The second-order valence-corrected chi connectivity index (χ2v) is 4.92. The van der Waals surface area contributed by atoms with Crippen molar-refractivity contribution in [1.82, 2.24) is 0 Å². The van der Waals surface area contributed by atoms with Crippen molar-refractivity contribution in [3.63, 3.8) is 0 Å². The Morgan fingerprint density at radius 1 is 1.30 bits per heavy atom. The van der Waals surface area contributed by atoms with Crippen LogP contribution in [0, 0.1) is 10.1 Å². The Balaban J connectivity index is 2.16. The number of para-hydroxylation sites is 1. The van der Waals surface area contributed by atoms with Crippen molar-refractivity contribution < 1.29 is 14.8 Å². The highest BCUT2D eigenvalue weighted by molar-refractivity contribution is 6.34. The van der Waals surface area contributed by atoms with Gasteiger partial charge in [-0.25, -0.2) is 4.79 Å². The molecular formula is C14H13ClN4O4. The lowest BCUT2D eigenvalue weighted by molar-refractivity contribution is -0.384. The van der Waals surface area contributed by atoms with Gasteiger partial charge in [0.15, 0.2) is 0 Å². The average Bonchev–Trinajstić information content (AvgIpc) is 2.51. The molecule has 0 bridgehead atoms. The SMILES string of the molecule is NCc1cccc(Cl)c1NC(=O)Nc1ccc([N+](=O)[O-])cc1O. The summed E-state index contributed by atoms with van der Waals surface area (Å²) in [7, 11) is 0. The van der Waals surface area contributed by atoms with E-state index in [-0.39, 0.29) is 17.9 Å². The first-order valence-electron chi connectivity index (χ1n) is 6.45. The number of urea groups is 1. The number of benzene rings is 2. The first-order valence-corrected chi connectivity index (χ1v) is 6.83. The minimum absolute atomic E-state index is 0.0226. The lowest BCUT2D eigenvalue weighted by atomic mass is 10.2. The van der Waals surface area contributed by atoms with E-state index in [1.807, 2.05) is 0 Å². The van der Waals surface area contributed by atoms with Crippen molar-refractivity contribution in [2.75, 3.05) is 10.6 Å². The number of carbonyl (C=O) groups excluding carboxylic acids is 1. The smallest absolute Gasteiger partial charge is 0.323 e. The standard InChI is InChI=1S/C14H13ClN4O4/c15-10-3-1-2-8(7-16)13(10)18-14(21)17-11-5-4-9(19(22)23)6-12(11)20/h1-6,20H,7,16H2,(H2,17,18,21). The van der Waals surface area contributed by atoms with E-state index in [2.05, 4.69) is 10.6 Å². The molecule has 0 radical (unpaired) electrons. The molecule has 0 unspecified atom stereocenters. The second-order valence-electron chi connectivity index (χ2n) is 4.52. The summed E-state index contributed by atoms with van der Waals surface area (Å²) >= 11 is 6.02. The van der Waals surface area contributed by atoms with Crippen molar-refractivity contribution in [3.8, 4) is 5.75 Å². The molecule has 0 saturated heterocycles. The number of nitro benzene ring substituents is 1. The number of nitrogens with two attached hydrogens (primary N) is 1. The number of nitrogens with zero attached hydrogens (tertiary/aromatic N) is 1. The van der Waals surface area contributed by atoms with Crippen molar-refractivity contribution in [2.24, 2.45) is 5.73 Å². The summed E-state index contributed by atoms with van der Waals surface area (Å²) in [5.41, 5.74) is 6.31. The molecule has 0 heterocycles. The zero-order valence-electron chi connectivity index (χ0n) is 11.7. The van der Waals surface area contributed by atoms with E-state index >= 15 is 0 Å². The zero-order valence-corrected chi connectivity index (χ0v) is 12.5. The Hall–Kier alpha value is -2.84. The van der Waals surface area contributed by atoms with Gasteiger partial charge in [-0.15, -0.1) is 0 Å². The lowest BCUT2D eigenvalue weighted by Gasteiger charge is -2.13. The molecule has 8 nitrogen and oxygen atoms in total. The quantitative estimate of drug-likeness (QED) is 0.387. The second kappa shape index (κ2) is 6.95. The van der Waals surface area contributed by atoms with Crippen LogP contribution in [0.15, 0.2) is 36.4 Å². The van der Waals surface area contributed by atoms with Crippen molar-refractivity contribution >= 4 is 34.7 Å². The van der Waals surface area contributed by atoms with Crippen LogP contribution >= 0.6 is 11.6 Å². The first-order chi connectivity index (χ1) is 10.9. The number of hydrogen-bond donors (Lipinski definition) is 4. The van der Waals surface area contributed by atoms with Gasteiger partial charge in [0, 0.05) is 12.6 Å². The molecule has 9 heteroatoms. The van der Waals surface area contributed by atoms with Crippen LogP contribution in [0.4, 0.5) is 21.9 Å². The highest BCUT2D eigenvalue weighted by Gasteiger charge is 2.14. The molecule has 0 atom stereocenters. The Bertz CT molecular complexity index is 766. The number of hydrogen-bond acceptors (Lipinski definition) is 5. The summed E-state index contributed by atoms with van der Waals surface area (Å²) in [5.74, 6) is -0.424. The van der Waals surface area contributed by atoms with Crippen LogP contribution in [0.1, 0.15) is 5.56 Å². The molecule has 0 saturated carbocycles. The van der Waals surface area contributed by atoms with Gasteiger partial charge in [-0.05, 0) is 17.7 Å². The van der Waals surface area contributed by atoms with Crippen molar-refractivity contribution in [3.05, 3.63) is 57.1 Å². The third-order valence-corrected chi connectivity index (χ3v) is 3.31. The van der Waals surface area contributed by atoms with Gasteiger partial charge in [-0.3, -0.25) is 10.1 Å². The number of rotatable bonds is 4. The molecule has 0 aliphatic carbocycles. The monoisotopic (exact) mass is 336 g/mol. The summed E-state index contributed by atoms with van der Waals surface area (Å²) in [5, 5.41) is 25.6. The average molecular weight is 337 g/mol. The first kappa shape index (κ1) is 16.5. The summed E-state index contributed by atoms with van der Waals surface area (Å²) in [4.78, 5) is 22.0. The Morgan fingerprint density at radius 2 is 2.04 bits per heavy atom. The van der Waals surface area contributed by atoms with Crippen LogP contribution in [-0.4, -0.2) is 16.1 Å². The van der Waals surface area contributed by atoms with Gasteiger partial charge in [-0.2, -0.15) is 0 Å². The molecule has 120 valence electrons. The number of phenolic OH excluding ortho intramolecular Hbond substituents is 1. The fraction of sp³-hybridized carbons (Fsp3) is 0.0714. The Kier molecular flexibility index (Phi) is 4.99. The normalized spacial score (nSPS) is 10.2. The van der Waals surface area contributed by atoms with E-state index in [0.717, 1.165) is 12.1 Å². The van der Waals surface area contributed by atoms with E-state index in [1.54, 1.807) is 18.2 Å². The molecule has 0 aromatic heterocycles. The molecule has 2 aromatic rings. The van der Waals surface area contributed by atoms with Crippen LogP contribution in [0.3, 0.4) is 0 Å². The molecule has 2 aromatic carbocycles. The summed E-state index contributed by atoms with van der Waals surface area (Å²) in [6.45, 7) is 0.180. The number of amides is 2. The molecule has 0 aliphatic heterocycles. The number of halogens is 1. The van der Waals surface area contributed by atoms with Crippen molar-refractivity contribution in [2.45, 2.75) is 6.54 Å². The fourth-order valence-corrected chi connectivity index (χ4v) is 2.13. The van der Waals surface area contributed by atoms with E-state index in [0.29, 0.717) is 16.3 Å². The van der Waals surface area contributed by atoms with Crippen LogP contribution in [0.2, 0.25) is 5.02 Å². The van der Waals surface area contributed by atoms with Crippen LogP contribution in [-0.2, 0) is 6.54 Å². The van der Waals surface area contributed by atoms with Gasteiger partial charge < -0.3 is 21.5 Å². The molecule has 2 amide bonds. The maximum Gasteiger partial charge on any atom is 0.323 e. The number of nitrogens with one attached hydrogen (secondary N) is 2. The van der Waals surface area contributed by atoms with Crippen LogP contribution < -0.4 is 16.4 Å². The maximum absolute atomic E-state index is 12.0. The lowest BCUT2D eigenvalue weighted by Crippen LogP contribution is -2.21.